The number of methoxy groups -OCH3 is 1. The molecular weight excluding hydrogens is 204 g/mol. The first-order valence-corrected chi connectivity index (χ1v) is 5.86. The van der Waals surface area contributed by atoms with Crippen LogP contribution in [0.15, 0.2) is 4.99 Å². The van der Waals surface area contributed by atoms with Gasteiger partial charge in [0.05, 0.1) is 6.10 Å². The maximum atomic E-state index is 5.42. The number of ether oxygens (including phenoxy) is 1. The second kappa shape index (κ2) is 5.50. The predicted octanol–water partition coefficient (Wildman–Crippen LogP) is 0.619. The Kier molecular flexibility index (Phi) is 4.56. The van der Waals surface area contributed by atoms with Gasteiger partial charge in [-0.05, 0) is 12.8 Å². The van der Waals surface area contributed by atoms with Gasteiger partial charge in [0.1, 0.15) is 0 Å². The van der Waals surface area contributed by atoms with Gasteiger partial charge < -0.3 is 10.1 Å². The van der Waals surface area contributed by atoms with Crippen LogP contribution in [0.4, 0.5) is 0 Å². The van der Waals surface area contributed by atoms with E-state index in [0.717, 1.165) is 19.4 Å². The summed E-state index contributed by atoms with van der Waals surface area (Å²) in [7, 11) is 1.76. The first kappa shape index (κ1) is 13.3. The highest BCUT2D eigenvalue weighted by atomic mass is 16.5. The normalized spacial score (nSPS) is 28.4. The molecule has 5 nitrogen and oxygen atoms in total. The molecule has 1 rings (SSSR count). The number of guanidine groups is 1. The Morgan fingerprint density at radius 3 is 2.69 bits per heavy atom. The Hall–Kier alpha value is -0.810. The Labute approximate surface area is 97.8 Å². The highest BCUT2D eigenvalue weighted by Crippen LogP contribution is 2.42. The van der Waals surface area contributed by atoms with Gasteiger partial charge in [-0.1, -0.05) is 20.8 Å². The lowest BCUT2D eigenvalue weighted by molar-refractivity contribution is -0.0922. The number of rotatable bonds is 4. The largest absolute Gasteiger partial charge is 0.381 e. The molecule has 0 bridgehead atoms. The van der Waals surface area contributed by atoms with Crippen LogP contribution in [0.25, 0.3) is 0 Å². The first-order chi connectivity index (χ1) is 7.56. The van der Waals surface area contributed by atoms with Gasteiger partial charge in [-0.25, -0.2) is 5.84 Å². The van der Waals surface area contributed by atoms with Crippen molar-refractivity contribution in [3.8, 4) is 0 Å². The quantitative estimate of drug-likeness (QED) is 0.285. The van der Waals surface area contributed by atoms with E-state index in [1.54, 1.807) is 7.11 Å². The Bertz CT molecular complexity index is 252. The lowest BCUT2D eigenvalue weighted by Gasteiger charge is -2.51. The lowest BCUT2D eigenvalue weighted by Crippen LogP contribution is -2.63. The summed E-state index contributed by atoms with van der Waals surface area (Å²) in [5, 5.41) is 3.33. The van der Waals surface area contributed by atoms with Gasteiger partial charge >= 0.3 is 0 Å². The number of nitrogens with zero attached hydrogens (tertiary/aromatic N) is 1. The maximum Gasteiger partial charge on any atom is 0.205 e. The zero-order chi connectivity index (χ0) is 12.2. The van der Waals surface area contributed by atoms with Crippen molar-refractivity contribution < 1.29 is 4.74 Å². The fourth-order valence-corrected chi connectivity index (χ4v) is 2.05. The van der Waals surface area contributed by atoms with E-state index in [-0.39, 0.29) is 5.41 Å². The molecule has 0 aromatic heterocycles. The van der Waals surface area contributed by atoms with Crippen molar-refractivity contribution in [3.05, 3.63) is 0 Å². The summed E-state index contributed by atoms with van der Waals surface area (Å²) < 4.78 is 5.40. The Balaban J connectivity index is 2.49. The zero-order valence-electron chi connectivity index (χ0n) is 10.7. The molecule has 0 spiro atoms. The number of hydrogen-bond acceptors (Lipinski definition) is 3. The van der Waals surface area contributed by atoms with Crippen LogP contribution in [-0.2, 0) is 4.74 Å². The van der Waals surface area contributed by atoms with Gasteiger partial charge in [-0.2, -0.15) is 0 Å². The third kappa shape index (κ3) is 2.65. The van der Waals surface area contributed by atoms with Crippen molar-refractivity contribution in [2.75, 3.05) is 13.7 Å². The van der Waals surface area contributed by atoms with E-state index in [4.69, 9.17) is 10.6 Å². The highest BCUT2D eigenvalue weighted by molar-refractivity contribution is 5.79. The molecule has 94 valence electrons. The summed E-state index contributed by atoms with van der Waals surface area (Å²) in [4.78, 5) is 4.33. The van der Waals surface area contributed by atoms with E-state index in [0.29, 0.717) is 18.1 Å². The molecule has 0 saturated heterocycles. The van der Waals surface area contributed by atoms with E-state index >= 15 is 0 Å². The molecule has 16 heavy (non-hydrogen) atoms. The van der Waals surface area contributed by atoms with Crippen LogP contribution in [-0.4, -0.2) is 31.8 Å². The molecule has 1 aliphatic carbocycles. The average molecular weight is 228 g/mol. The fourth-order valence-electron chi connectivity index (χ4n) is 2.05. The number of nitrogens with two attached hydrogens (primary N) is 1. The molecule has 1 saturated carbocycles. The molecule has 2 unspecified atom stereocenters. The van der Waals surface area contributed by atoms with E-state index in [2.05, 4.69) is 36.5 Å². The maximum absolute atomic E-state index is 5.42. The molecule has 0 aromatic carbocycles. The Morgan fingerprint density at radius 1 is 1.56 bits per heavy atom. The smallest absolute Gasteiger partial charge is 0.205 e. The van der Waals surface area contributed by atoms with Gasteiger partial charge in [0.25, 0.3) is 0 Å². The highest BCUT2D eigenvalue weighted by Gasteiger charge is 2.48. The molecule has 0 aliphatic heterocycles. The SMILES string of the molecule is CCCN=C(NN)NC1CC(OC)C1(C)C. The molecule has 5 heteroatoms. The molecule has 0 radical (unpaired) electrons. The third-order valence-corrected chi connectivity index (χ3v) is 3.40. The summed E-state index contributed by atoms with van der Waals surface area (Å²) in [6.45, 7) is 7.26. The van der Waals surface area contributed by atoms with Crippen LogP contribution in [0, 0.1) is 5.41 Å². The third-order valence-electron chi connectivity index (χ3n) is 3.40. The lowest BCUT2D eigenvalue weighted by atomic mass is 9.64. The van der Waals surface area contributed by atoms with Crippen molar-refractivity contribution in [2.45, 2.75) is 45.8 Å². The molecule has 1 fully saturated rings. The molecule has 0 heterocycles. The van der Waals surface area contributed by atoms with Crippen LogP contribution >= 0.6 is 0 Å². The van der Waals surface area contributed by atoms with Crippen molar-refractivity contribution >= 4 is 5.96 Å². The molecular formula is C11H24N4O. The monoisotopic (exact) mass is 228 g/mol. The van der Waals surface area contributed by atoms with Crippen LogP contribution in [0.5, 0.6) is 0 Å². The van der Waals surface area contributed by atoms with Crippen molar-refractivity contribution in [1.29, 1.82) is 0 Å². The van der Waals surface area contributed by atoms with Crippen LogP contribution in [0.3, 0.4) is 0 Å². The van der Waals surface area contributed by atoms with E-state index < -0.39 is 0 Å². The van der Waals surface area contributed by atoms with Crippen molar-refractivity contribution in [1.82, 2.24) is 10.7 Å². The molecule has 0 amide bonds. The van der Waals surface area contributed by atoms with Crippen LogP contribution in [0.2, 0.25) is 0 Å². The first-order valence-electron chi connectivity index (χ1n) is 5.86. The zero-order valence-corrected chi connectivity index (χ0v) is 10.7. The van der Waals surface area contributed by atoms with E-state index in [1.807, 2.05) is 0 Å². The second-order valence-electron chi connectivity index (χ2n) is 4.85. The molecule has 0 aromatic rings. The van der Waals surface area contributed by atoms with E-state index in [1.165, 1.54) is 0 Å². The fraction of sp³-hybridized carbons (Fsp3) is 0.909. The molecule has 4 N–H and O–H groups in total. The summed E-state index contributed by atoms with van der Waals surface area (Å²) >= 11 is 0. The second-order valence-corrected chi connectivity index (χ2v) is 4.85. The number of hydrazine groups is 1. The van der Waals surface area contributed by atoms with E-state index in [9.17, 15) is 0 Å². The summed E-state index contributed by atoms with van der Waals surface area (Å²) in [6, 6.07) is 0.365. The van der Waals surface area contributed by atoms with Gasteiger partial charge in [-0.15, -0.1) is 0 Å². The summed E-state index contributed by atoms with van der Waals surface area (Å²) in [6.07, 6.45) is 2.33. The summed E-state index contributed by atoms with van der Waals surface area (Å²) in [5.41, 5.74) is 2.73. The van der Waals surface area contributed by atoms with Crippen molar-refractivity contribution in [3.63, 3.8) is 0 Å². The minimum absolute atomic E-state index is 0.124. The minimum atomic E-state index is 0.124. The average Bonchev–Trinajstić information content (AvgIpc) is 2.27. The predicted molar refractivity (Wildman–Crippen MR) is 66.0 cm³/mol. The van der Waals surface area contributed by atoms with Crippen LogP contribution < -0.4 is 16.6 Å². The molecule has 2 atom stereocenters. The van der Waals surface area contributed by atoms with Crippen molar-refractivity contribution in [2.24, 2.45) is 16.3 Å². The standard InChI is InChI=1S/C11H24N4O/c1-5-6-13-10(15-12)14-8-7-9(16-4)11(8,2)3/h8-9H,5-7,12H2,1-4H3,(H2,13,14,15). The number of hydrogen-bond donors (Lipinski definition) is 3. The molecule has 1 aliphatic rings. The topological polar surface area (TPSA) is 71.7 Å². The van der Waals surface area contributed by atoms with Gasteiger partial charge in [0.2, 0.25) is 5.96 Å². The summed E-state index contributed by atoms with van der Waals surface area (Å²) in [5.74, 6) is 6.10. The van der Waals surface area contributed by atoms with Gasteiger partial charge in [0, 0.05) is 25.1 Å². The number of aliphatic imine (C=N–C) groups is 1. The van der Waals surface area contributed by atoms with Crippen LogP contribution in [0.1, 0.15) is 33.6 Å². The van der Waals surface area contributed by atoms with Gasteiger partial charge in [0.15, 0.2) is 0 Å². The number of nitrogens with one attached hydrogen (secondary N) is 2. The van der Waals surface area contributed by atoms with Gasteiger partial charge in [-0.3, -0.25) is 10.4 Å². The Morgan fingerprint density at radius 2 is 2.25 bits per heavy atom. The minimum Gasteiger partial charge on any atom is -0.381 e.